The van der Waals surface area contributed by atoms with Gasteiger partial charge in [-0.3, -0.25) is 4.79 Å². The van der Waals surface area contributed by atoms with Crippen LogP contribution in [0.25, 0.3) is 10.8 Å². The van der Waals surface area contributed by atoms with E-state index in [1.54, 1.807) is 30.2 Å². The molecule has 6 nitrogen and oxygen atoms in total. The summed E-state index contributed by atoms with van der Waals surface area (Å²) in [5.74, 6) is -0.0867. The number of rotatable bonds is 12. The van der Waals surface area contributed by atoms with E-state index in [-0.39, 0.29) is 23.8 Å². The summed E-state index contributed by atoms with van der Waals surface area (Å²) in [6.07, 6.45) is 1.82. The molecule has 32 heavy (non-hydrogen) atoms. The summed E-state index contributed by atoms with van der Waals surface area (Å²) in [5.41, 5.74) is 1.23. The number of carbonyl (C=O) groups is 1. The van der Waals surface area contributed by atoms with E-state index in [0.717, 1.165) is 23.6 Å². The minimum Gasteiger partial charge on any atom is -0.383 e. The Bertz CT molecular complexity index is 1120. The predicted octanol–water partition coefficient (Wildman–Crippen LogP) is 3.62. The molecule has 0 unspecified atom stereocenters. The van der Waals surface area contributed by atoms with Crippen LogP contribution in [0.5, 0.6) is 0 Å². The monoisotopic (exact) mass is 454 g/mol. The lowest BCUT2D eigenvalue weighted by Gasteiger charge is -2.22. The summed E-state index contributed by atoms with van der Waals surface area (Å²) in [7, 11) is -2.09. The van der Waals surface area contributed by atoms with Crippen LogP contribution < -0.4 is 4.72 Å². The van der Waals surface area contributed by atoms with Gasteiger partial charge in [-0.25, -0.2) is 13.1 Å². The molecule has 1 N–H and O–H groups in total. The highest BCUT2D eigenvalue weighted by Gasteiger charge is 2.17. The quantitative estimate of drug-likeness (QED) is 0.454. The minimum absolute atomic E-state index is 0.0517. The van der Waals surface area contributed by atoms with Gasteiger partial charge in [0.15, 0.2) is 0 Å². The molecule has 0 bridgehead atoms. The Hall–Kier alpha value is -2.74. The Labute approximate surface area is 190 Å². The van der Waals surface area contributed by atoms with Crippen molar-refractivity contribution in [3.05, 3.63) is 78.4 Å². The Balaban J connectivity index is 1.53. The Morgan fingerprint density at radius 2 is 1.66 bits per heavy atom. The molecule has 0 radical (unpaired) electrons. The lowest BCUT2D eigenvalue weighted by atomic mass is 10.1. The molecule has 0 aliphatic heterocycles. The first-order chi connectivity index (χ1) is 15.5. The zero-order valence-corrected chi connectivity index (χ0v) is 19.2. The summed E-state index contributed by atoms with van der Waals surface area (Å²) in [4.78, 5) is 14.7. The highest BCUT2D eigenvalue weighted by Crippen LogP contribution is 2.18. The van der Waals surface area contributed by atoms with E-state index in [0.29, 0.717) is 19.7 Å². The summed E-state index contributed by atoms with van der Waals surface area (Å²) >= 11 is 0. The first-order valence-electron chi connectivity index (χ1n) is 10.8. The van der Waals surface area contributed by atoms with Gasteiger partial charge >= 0.3 is 0 Å². The van der Waals surface area contributed by atoms with E-state index in [1.165, 1.54) is 5.56 Å². The zero-order valence-electron chi connectivity index (χ0n) is 18.4. The van der Waals surface area contributed by atoms with Crippen molar-refractivity contribution in [2.45, 2.75) is 24.2 Å². The maximum Gasteiger partial charge on any atom is 0.240 e. The third kappa shape index (κ3) is 6.88. The van der Waals surface area contributed by atoms with Crippen LogP contribution in [-0.2, 0) is 26.0 Å². The predicted molar refractivity (Wildman–Crippen MR) is 127 cm³/mol. The maximum absolute atomic E-state index is 12.7. The smallest absolute Gasteiger partial charge is 0.240 e. The molecular weight excluding hydrogens is 424 g/mol. The van der Waals surface area contributed by atoms with Crippen LogP contribution in [-0.4, -0.2) is 52.6 Å². The van der Waals surface area contributed by atoms with E-state index in [2.05, 4.69) is 16.9 Å². The van der Waals surface area contributed by atoms with Crippen LogP contribution in [0.3, 0.4) is 0 Å². The number of benzene rings is 3. The summed E-state index contributed by atoms with van der Waals surface area (Å²) < 4.78 is 33.0. The first kappa shape index (κ1) is 23.9. The molecule has 7 heteroatoms. The maximum atomic E-state index is 12.7. The second kappa shape index (κ2) is 11.8. The molecule has 0 aromatic heterocycles. The molecule has 170 valence electrons. The van der Waals surface area contributed by atoms with Crippen molar-refractivity contribution in [1.29, 1.82) is 0 Å². The minimum atomic E-state index is -3.69. The van der Waals surface area contributed by atoms with Crippen molar-refractivity contribution < 1.29 is 17.9 Å². The number of sulfonamides is 1. The van der Waals surface area contributed by atoms with Crippen molar-refractivity contribution in [2.24, 2.45) is 0 Å². The average molecular weight is 455 g/mol. The van der Waals surface area contributed by atoms with Crippen LogP contribution in [0.2, 0.25) is 0 Å². The SMILES string of the molecule is COCCN(CCCc1ccccc1)C(=O)CCNS(=O)(=O)c1ccc2ccccc2c1. The van der Waals surface area contributed by atoms with Crippen LogP contribution >= 0.6 is 0 Å². The lowest BCUT2D eigenvalue weighted by Crippen LogP contribution is -2.37. The number of ether oxygens (including phenoxy) is 1. The van der Waals surface area contributed by atoms with Crippen molar-refractivity contribution in [2.75, 3.05) is 33.4 Å². The van der Waals surface area contributed by atoms with E-state index < -0.39 is 10.0 Å². The number of amides is 1. The van der Waals surface area contributed by atoms with Gasteiger partial charge in [0.1, 0.15) is 0 Å². The largest absolute Gasteiger partial charge is 0.383 e. The van der Waals surface area contributed by atoms with Crippen LogP contribution in [0.1, 0.15) is 18.4 Å². The number of carbonyl (C=O) groups excluding carboxylic acids is 1. The van der Waals surface area contributed by atoms with Gasteiger partial charge in [-0.15, -0.1) is 0 Å². The molecule has 0 spiro atoms. The van der Waals surface area contributed by atoms with Gasteiger partial charge in [-0.2, -0.15) is 0 Å². The third-order valence-corrected chi connectivity index (χ3v) is 6.78. The molecule has 0 fully saturated rings. The van der Waals surface area contributed by atoms with Gasteiger partial charge in [-0.05, 0) is 41.3 Å². The molecule has 3 aromatic rings. The van der Waals surface area contributed by atoms with Gasteiger partial charge in [0.25, 0.3) is 0 Å². The molecule has 0 aliphatic rings. The van der Waals surface area contributed by atoms with Gasteiger partial charge in [0, 0.05) is 33.2 Å². The van der Waals surface area contributed by atoms with E-state index in [9.17, 15) is 13.2 Å². The fourth-order valence-corrected chi connectivity index (χ4v) is 4.62. The average Bonchev–Trinajstić information content (AvgIpc) is 2.81. The molecular formula is C25H30N2O4S. The number of aryl methyl sites for hydroxylation is 1. The van der Waals surface area contributed by atoms with Crippen molar-refractivity contribution in [3.63, 3.8) is 0 Å². The Kier molecular flexibility index (Phi) is 8.79. The second-order valence-corrected chi connectivity index (χ2v) is 9.39. The van der Waals surface area contributed by atoms with Gasteiger partial charge < -0.3 is 9.64 Å². The summed E-state index contributed by atoms with van der Waals surface area (Å²) in [5, 5.41) is 1.83. The van der Waals surface area contributed by atoms with E-state index in [4.69, 9.17) is 4.74 Å². The molecule has 0 saturated carbocycles. The van der Waals surface area contributed by atoms with Crippen molar-refractivity contribution >= 4 is 26.7 Å². The standard InChI is InChI=1S/C25H30N2O4S/c1-31-19-18-27(17-7-10-21-8-3-2-4-9-21)25(28)15-16-26-32(29,30)24-14-13-22-11-5-6-12-23(22)20-24/h2-6,8-9,11-14,20,26H,7,10,15-19H2,1H3. The molecule has 3 rings (SSSR count). The molecule has 3 aromatic carbocycles. The van der Waals surface area contributed by atoms with E-state index >= 15 is 0 Å². The Morgan fingerprint density at radius 1 is 0.938 bits per heavy atom. The molecule has 0 heterocycles. The van der Waals surface area contributed by atoms with Crippen LogP contribution in [0.4, 0.5) is 0 Å². The second-order valence-electron chi connectivity index (χ2n) is 7.62. The fraction of sp³-hybridized carbons (Fsp3) is 0.320. The number of hydrogen-bond donors (Lipinski definition) is 1. The molecule has 0 atom stereocenters. The number of fused-ring (bicyclic) bond motifs is 1. The summed E-state index contributed by atoms with van der Waals surface area (Å²) in [6.45, 7) is 1.59. The number of nitrogens with one attached hydrogen (secondary N) is 1. The topological polar surface area (TPSA) is 75.7 Å². The zero-order chi connectivity index (χ0) is 22.8. The van der Waals surface area contributed by atoms with Crippen LogP contribution in [0.15, 0.2) is 77.7 Å². The first-order valence-corrected chi connectivity index (χ1v) is 12.3. The summed E-state index contributed by atoms with van der Waals surface area (Å²) in [6, 6.07) is 22.7. The highest BCUT2D eigenvalue weighted by atomic mass is 32.2. The highest BCUT2D eigenvalue weighted by molar-refractivity contribution is 7.89. The number of hydrogen-bond acceptors (Lipinski definition) is 4. The third-order valence-electron chi connectivity index (χ3n) is 5.32. The molecule has 0 saturated heterocycles. The molecule has 0 aliphatic carbocycles. The normalized spacial score (nSPS) is 11.5. The number of methoxy groups -OCH3 is 1. The lowest BCUT2D eigenvalue weighted by molar-refractivity contribution is -0.131. The number of nitrogens with zero attached hydrogens (tertiary/aromatic N) is 1. The van der Waals surface area contributed by atoms with E-state index in [1.807, 2.05) is 42.5 Å². The molecule has 1 amide bonds. The van der Waals surface area contributed by atoms with Crippen molar-refractivity contribution in [1.82, 2.24) is 9.62 Å². The Morgan fingerprint density at radius 3 is 2.41 bits per heavy atom. The van der Waals surface area contributed by atoms with Gasteiger partial charge in [0.2, 0.25) is 15.9 Å². The van der Waals surface area contributed by atoms with Crippen molar-refractivity contribution in [3.8, 4) is 0 Å². The van der Waals surface area contributed by atoms with Gasteiger partial charge in [0.05, 0.1) is 11.5 Å². The van der Waals surface area contributed by atoms with Crippen LogP contribution in [0, 0.1) is 0 Å². The fourth-order valence-electron chi connectivity index (χ4n) is 3.55. The van der Waals surface area contributed by atoms with Gasteiger partial charge in [-0.1, -0.05) is 60.7 Å².